The van der Waals surface area contributed by atoms with Crippen molar-refractivity contribution in [1.29, 1.82) is 0 Å². The zero-order valence-electron chi connectivity index (χ0n) is 27.0. The van der Waals surface area contributed by atoms with Crippen molar-refractivity contribution in [3.8, 4) is 17.7 Å². The molecule has 1 aromatic carbocycles. The molecule has 2 aliphatic heterocycles. The molecular formula is C36H54N8O3S. The summed E-state index contributed by atoms with van der Waals surface area (Å²) < 4.78 is 28.6. The molecular weight excluding hydrogens is 625 g/mol. The topological polar surface area (TPSA) is 117 Å². The Morgan fingerprint density at radius 2 is 1.77 bits per heavy atom. The van der Waals surface area contributed by atoms with Crippen molar-refractivity contribution in [2.24, 2.45) is 5.92 Å². The van der Waals surface area contributed by atoms with Gasteiger partial charge in [-0.05, 0) is 75.9 Å². The zero-order chi connectivity index (χ0) is 32.3. The molecule has 2 aromatic heterocycles. The number of amides is 1. The normalized spacial score (nSPS) is 19.1. The van der Waals surface area contributed by atoms with E-state index in [2.05, 4.69) is 55.9 Å². The predicted molar refractivity (Wildman–Crippen MR) is 196 cm³/mol. The number of nitrogens with one attached hydrogen (secondary N) is 1. The van der Waals surface area contributed by atoms with Crippen LogP contribution in [0, 0.1) is 17.8 Å². The van der Waals surface area contributed by atoms with Crippen LogP contribution in [0.2, 0.25) is 0 Å². The van der Waals surface area contributed by atoms with Crippen molar-refractivity contribution in [2.45, 2.75) is 59.4 Å². The van der Waals surface area contributed by atoms with E-state index in [0.717, 1.165) is 79.8 Å². The van der Waals surface area contributed by atoms with E-state index in [1.807, 2.05) is 42.4 Å². The zero-order valence-corrected chi connectivity index (χ0v) is 27.8. The lowest BCUT2D eigenvalue weighted by Gasteiger charge is -2.36. The Morgan fingerprint density at radius 1 is 1.04 bits per heavy atom. The second-order valence-corrected chi connectivity index (χ2v) is 14.8. The third-order valence-electron chi connectivity index (χ3n) is 9.27. The van der Waals surface area contributed by atoms with Crippen LogP contribution in [0.1, 0.15) is 60.6 Å². The van der Waals surface area contributed by atoms with E-state index < -0.39 is 10.0 Å². The summed E-state index contributed by atoms with van der Waals surface area (Å²) in [5, 5.41) is 4.16. The first kappa shape index (κ1) is 36.9. The lowest BCUT2D eigenvalue weighted by Crippen LogP contribution is -2.48. The lowest BCUT2D eigenvalue weighted by molar-refractivity contribution is -0.130. The highest BCUT2D eigenvalue weighted by atomic mass is 32.2. The van der Waals surface area contributed by atoms with Gasteiger partial charge in [-0.25, -0.2) is 18.4 Å². The molecule has 6 rings (SSSR count). The average Bonchev–Trinajstić information content (AvgIpc) is 3.75. The molecule has 48 heavy (non-hydrogen) atoms. The smallest absolute Gasteiger partial charge is 0.228 e. The Kier molecular flexibility index (Phi) is 12.3. The fourth-order valence-electron chi connectivity index (χ4n) is 6.62. The van der Waals surface area contributed by atoms with Crippen molar-refractivity contribution in [2.75, 3.05) is 64.5 Å². The van der Waals surface area contributed by atoms with Gasteiger partial charge in [-0.1, -0.05) is 26.8 Å². The number of fused-ring (bicyclic) bond motifs is 1. The van der Waals surface area contributed by atoms with E-state index >= 15 is 0 Å². The highest BCUT2D eigenvalue weighted by Crippen LogP contribution is 2.32. The van der Waals surface area contributed by atoms with Crippen LogP contribution in [0.25, 0.3) is 16.7 Å². The number of benzene rings is 1. The number of sulfonamides is 1. The molecule has 1 aliphatic carbocycles. The number of rotatable bonds is 10. The minimum atomic E-state index is -3.24. The fourth-order valence-corrected chi connectivity index (χ4v) is 7.79. The summed E-state index contributed by atoms with van der Waals surface area (Å²) in [6.07, 6.45) is 11.9. The maximum Gasteiger partial charge on any atom is 0.228 e. The molecule has 0 atom stereocenters. The van der Waals surface area contributed by atoms with Gasteiger partial charge < -0.3 is 24.6 Å². The molecule has 2 fully saturated rings. The highest BCUT2D eigenvalue weighted by molar-refractivity contribution is 7.88. The van der Waals surface area contributed by atoms with Crippen molar-refractivity contribution in [3.63, 3.8) is 0 Å². The third kappa shape index (κ3) is 8.95. The van der Waals surface area contributed by atoms with Gasteiger partial charge in [0.25, 0.3) is 0 Å². The Balaban J connectivity index is 0.00000217. The van der Waals surface area contributed by atoms with Crippen LogP contribution < -0.4 is 10.2 Å². The van der Waals surface area contributed by atoms with Crippen molar-refractivity contribution >= 4 is 32.5 Å². The Morgan fingerprint density at radius 3 is 2.44 bits per heavy atom. The second kappa shape index (κ2) is 16.0. The summed E-state index contributed by atoms with van der Waals surface area (Å²) in [5.74, 6) is 8.38. The highest BCUT2D eigenvalue weighted by Gasteiger charge is 2.30. The summed E-state index contributed by atoms with van der Waals surface area (Å²) in [6.45, 7) is 4.27. The van der Waals surface area contributed by atoms with E-state index in [9.17, 15) is 13.2 Å². The molecule has 1 saturated heterocycles. The Hall–Kier alpha value is -3.92. The van der Waals surface area contributed by atoms with E-state index in [4.69, 9.17) is 4.98 Å². The number of anilines is 1. The molecule has 3 aliphatic rings. The molecule has 1 saturated carbocycles. The van der Waals surface area contributed by atoms with Gasteiger partial charge in [-0.2, -0.15) is 4.31 Å². The summed E-state index contributed by atoms with van der Waals surface area (Å²) in [6, 6.07) is 10.4. The first-order valence-electron chi connectivity index (χ1n) is 16.2. The van der Waals surface area contributed by atoms with Gasteiger partial charge in [0.15, 0.2) is 0 Å². The molecule has 12 heteroatoms. The van der Waals surface area contributed by atoms with E-state index in [-0.39, 0.29) is 28.2 Å². The van der Waals surface area contributed by atoms with Gasteiger partial charge in [-0.3, -0.25) is 4.79 Å². The third-order valence-corrected chi connectivity index (χ3v) is 10.6. The summed E-state index contributed by atoms with van der Waals surface area (Å²) in [4.78, 5) is 28.1. The molecule has 0 spiro atoms. The number of hydrogen-bond acceptors (Lipinski definition) is 8. The molecule has 262 valence electrons. The largest absolute Gasteiger partial charge is 0.367 e. The predicted octanol–water partition coefficient (Wildman–Crippen LogP) is 4.55. The number of carbonyl (C=O) groups is 1. The summed E-state index contributed by atoms with van der Waals surface area (Å²) >= 11 is 0. The fraction of sp³-hybridized carbons (Fsp3) is 0.528. The van der Waals surface area contributed by atoms with Crippen LogP contribution in [-0.4, -0.2) is 109 Å². The van der Waals surface area contributed by atoms with Crippen LogP contribution in [0.4, 0.5) is 5.69 Å². The number of likely N-dealkylation sites (N-methyl/N-ethyl adjacent to an activating group) is 1. The van der Waals surface area contributed by atoms with Crippen LogP contribution >= 0.6 is 0 Å². The quantitative estimate of drug-likeness (QED) is 0.311. The number of hydrogen-bond donors (Lipinski definition) is 1. The molecule has 3 aromatic rings. The number of piperazine rings is 1. The maximum absolute atomic E-state index is 12.5. The minimum absolute atomic E-state index is 0. The van der Waals surface area contributed by atoms with Crippen molar-refractivity contribution in [3.05, 3.63) is 60.4 Å². The van der Waals surface area contributed by atoms with Gasteiger partial charge in [0.1, 0.15) is 5.82 Å². The Bertz CT molecular complexity index is 1770. The van der Waals surface area contributed by atoms with Crippen LogP contribution in [0.3, 0.4) is 0 Å². The average molecular weight is 679 g/mol. The molecule has 11 nitrogen and oxygen atoms in total. The summed E-state index contributed by atoms with van der Waals surface area (Å²) in [7, 11) is 0.693. The molecule has 1 amide bonds. The number of aromatic nitrogens is 3. The Labute approximate surface area is 288 Å². The molecule has 1 N–H and O–H groups in total. The minimum Gasteiger partial charge on any atom is -0.367 e. The molecule has 0 radical (unpaired) electrons. The van der Waals surface area contributed by atoms with Gasteiger partial charge in [0.2, 0.25) is 21.8 Å². The molecule has 4 heterocycles. The lowest BCUT2D eigenvalue weighted by atomic mass is 9.84. The SMILES string of the molecule is C.C.CN(C)CCN(C1CCC(CC#Cc2nccc(-n3ccc4c(N5CCN(C(=O)CC6=CN6)CC5)cccc43)n2)CC1)S(C)(=O)=O.[HH]. The van der Waals surface area contributed by atoms with Crippen LogP contribution in [-0.2, 0) is 14.8 Å². The van der Waals surface area contributed by atoms with Crippen molar-refractivity contribution in [1.82, 2.24) is 34.0 Å². The van der Waals surface area contributed by atoms with Crippen LogP contribution in [0.5, 0.6) is 0 Å². The maximum atomic E-state index is 12.5. The summed E-state index contributed by atoms with van der Waals surface area (Å²) in [5.41, 5.74) is 3.24. The number of nitrogens with zero attached hydrogens (tertiary/aromatic N) is 7. The van der Waals surface area contributed by atoms with Crippen LogP contribution in [0.15, 0.2) is 54.6 Å². The first-order chi connectivity index (χ1) is 22.2. The monoisotopic (exact) mass is 678 g/mol. The van der Waals surface area contributed by atoms with Gasteiger partial charge in [0, 0.05) is 88.5 Å². The standard InChI is InChI=1S/C34H44N8O3S.2CH4.H2/c1-38(2)18-23-42(46(3,44)45)28-12-10-26(11-13-28)6-4-9-32-35-16-14-33(37-32)41-17-15-29-30(7-5-8-31(29)41)39-19-21-40(22-20-39)34(43)24-27-25-36-27;;;/h5,7-8,14-17,25-26,28,36H,6,10-13,18-24H2,1-3H3;2*1H4;1H. The van der Waals surface area contributed by atoms with Crippen molar-refractivity contribution < 1.29 is 14.6 Å². The second-order valence-electron chi connectivity index (χ2n) is 12.9. The van der Waals surface area contributed by atoms with E-state index in [0.29, 0.717) is 37.8 Å². The number of carbonyl (C=O) groups excluding carboxylic acids is 1. The van der Waals surface area contributed by atoms with E-state index in [1.54, 1.807) is 10.5 Å². The molecule has 0 bridgehead atoms. The van der Waals surface area contributed by atoms with Gasteiger partial charge in [-0.15, -0.1) is 0 Å². The first-order valence-corrected chi connectivity index (χ1v) is 18.0. The van der Waals surface area contributed by atoms with Gasteiger partial charge >= 0.3 is 0 Å². The van der Waals surface area contributed by atoms with E-state index in [1.165, 1.54) is 6.26 Å². The molecule has 0 unspecified atom stereocenters. The van der Waals surface area contributed by atoms with Gasteiger partial charge in [0.05, 0.1) is 18.2 Å².